The molecule has 3 heterocycles. The minimum atomic E-state index is -0.470. The summed E-state index contributed by atoms with van der Waals surface area (Å²) in [5.74, 6) is 1.43. The molecule has 6 rings (SSSR count). The maximum atomic E-state index is 12.4. The molecule has 1 saturated heterocycles. The van der Waals surface area contributed by atoms with E-state index in [1.807, 2.05) is 36.8 Å². The van der Waals surface area contributed by atoms with Gasteiger partial charge in [-0.15, -0.1) is 16.8 Å². The number of carbonyl (C=O) groups is 1. The maximum absolute atomic E-state index is 12.4. The van der Waals surface area contributed by atoms with E-state index in [9.17, 15) is 4.79 Å². The molecule has 220 valence electrons. The number of amides is 1. The molecule has 3 fully saturated rings. The van der Waals surface area contributed by atoms with E-state index in [1.165, 1.54) is 12.8 Å². The molecule has 1 aromatic carbocycles. The number of hydroxylamine groups is 2. The van der Waals surface area contributed by atoms with E-state index < -0.39 is 6.09 Å². The van der Waals surface area contributed by atoms with Gasteiger partial charge in [-0.3, -0.25) is 5.32 Å². The van der Waals surface area contributed by atoms with Crippen molar-refractivity contribution in [3.63, 3.8) is 0 Å². The average molecular weight is 580 g/mol. The summed E-state index contributed by atoms with van der Waals surface area (Å²) < 4.78 is 2.25. The topological polar surface area (TPSA) is 135 Å². The summed E-state index contributed by atoms with van der Waals surface area (Å²) in [7, 11) is 0. The van der Waals surface area contributed by atoms with Gasteiger partial charge in [0.25, 0.3) is 0 Å². The molecule has 3 aromatic rings. The van der Waals surface area contributed by atoms with Gasteiger partial charge < -0.3 is 25.8 Å². The van der Waals surface area contributed by atoms with Crippen LogP contribution in [-0.2, 0) is 4.84 Å². The Morgan fingerprint density at radius 1 is 0.951 bits per heavy atom. The number of nitrogens with zero attached hydrogens (tertiary/aromatic N) is 5. The number of imidazole rings is 1. The molecule has 0 spiro atoms. The van der Waals surface area contributed by atoms with Crippen molar-refractivity contribution in [1.82, 2.24) is 24.6 Å². The quantitative estimate of drug-likeness (QED) is 0.257. The lowest BCUT2D eigenvalue weighted by atomic mass is 9.92. The molecule has 0 atom stereocenters. The smallest absolute Gasteiger partial charge is 0.365 e. The van der Waals surface area contributed by atoms with Crippen LogP contribution in [0.3, 0.4) is 0 Å². The number of fused-ring (bicyclic) bond motifs is 1. The van der Waals surface area contributed by atoms with Gasteiger partial charge in [-0.25, -0.2) is 9.78 Å². The molecular weight excluding hydrogens is 538 g/mol. The molecule has 12 heteroatoms. The van der Waals surface area contributed by atoms with E-state index >= 15 is 0 Å². The van der Waals surface area contributed by atoms with Crippen LogP contribution in [0.1, 0.15) is 70.3 Å². The van der Waals surface area contributed by atoms with E-state index in [0.29, 0.717) is 37.2 Å². The summed E-state index contributed by atoms with van der Waals surface area (Å²) in [5, 5.41) is 11.8. The summed E-state index contributed by atoms with van der Waals surface area (Å²) in [6.45, 7) is 1.27. The SMILES string of the molecule is CSc1ccc(NC(=O)ON2CCC(Nc3nc(NC4CCC(N)CC4)nc4c3ncn4C3CCCC3)CC2)cc1. The lowest BCUT2D eigenvalue weighted by Crippen LogP contribution is -2.41. The molecule has 41 heavy (non-hydrogen) atoms. The first-order valence-corrected chi connectivity index (χ1v) is 16.2. The molecule has 2 saturated carbocycles. The molecule has 3 aliphatic rings. The van der Waals surface area contributed by atoms with Crippen molar-refractivity contribution >= 4 is 46.5 Å². The average Bonchev–Trinajstić information content (AvgIpc) is 3.66. The normalized spacial score (nSPS) is 22.6. The van der Waals surface area contributed by atoms with Crippen LogP contribution in [0.2, 0.25) is 0 Å². The molecule has 0 bridgehead atoms. The summed E-state index contributed by atoms with van der Waals surface area (Å²) >= 11 is 1.66. The number of nitrogens with two attached hydrogens (primary N) is 1. The Hall–Kier alpha value is -3.09. The number of piperidine rings is 1. The Morgan fingerprint density at radius 2 is 1.66 bits per heavy atom. The predicted octanol–water partition coefficient (Wildman–Crippen LogP) is 5.39. The van der Waals surface area contributed by atoms with Crippen LogP contribution < -0.4 is 21.7 Å². The standard InChI is InChI=1S/C29H41N9O2S/c1-41-24-12-10-21(11-13-24)34-29(39)40-37-16-14-22(15-17-37)32-26-25-27(38(18-31-25)23-4-2-3-5-23)36-28(35-26)33-20-8-6-19(30)7-9-20/h10-13,18-20,22-23H,2-9,14-17,30H2,1H3,(H,34,39)(H2,32,33,35,36). The maximum Gasteiger partial charge on any atom is 0.430 e. The fraction of sp³-hybridized carbons (Fsp3) is 0.586. The van der Waals surface area contributed by atoms with Crippen LogP contribution in [0.25, 0.3) is 11.2 Å². The molecule has 2 aromatic heterocycles. The minimum Gasteiger partial charge on any atom is -0.365 e. The molecule has 1 aliphatic heterocycles. The van der Waals surface area contributed by atoms with Gasteiger partial charge in [0.05, 0.1) is 6.33 Å². The van der Waals surface area contributed by atoms with E-state index in [1.54, 1.807) is 16.8 Å². The van der Waals surface area contributed by atoms with Crippen LogP contribution in [-0.4, -0.2) is 68.1 Å². The zero-order chi connectivity index (χ0) is 28.2. The number of hydrogen-bond acceptors (Lipinski definition) is 10. The number of carbonyl (C=O) groups excluding carboxylic acids is 1. The zero-order valence-electron chi connectivity index (χ0n) is 23.7. The molecule has 1 amide bonds. The Kier molecular flexibility index (Phi) is 8.78. The summed E-state index contributed by atoms with van der Waals surface area (Å²) in [6.07, 6.45) is 14.0. The Labute approximate surface area is 245 Å². The second kappa shape index (κ2) is 12.8. The third-order valence-electron chi connectivity index (χ3n) is 8.59. The van der Waals surface area contributed by atoms with Gasteiger partial charge in [-0.1, -0.05) is 12.8 Å². The molecule has 0 unspecified atom stereocenters. The third-order valence-corrected chi connectivity index (χ3v) is 9.33. The minimum absolute atomic E-state index is 0.187. The monoisotopic (exact) mass is 579 g/mol. The second-order valence-corrected chi connectivity index (χ2v) is 12.4. The number of hydrogen-bond donors (Lipinski definition) is 4. The number of anilines is 3. The van der Waals surface area contributed by atoms with Crippen molar-refractivity contribution in [2.75, 3.05) is 35.3 Å². The Morgan fingerprint density at radius 3 is 2.37 bits per heavy atom. The van der Waals surface area contributed by atoms with E-state index in [4.69, 9.17) is 25.5 Å². The summed E-state index contributed by atoms with van der Waals surface area (Å²) in [4.78, 5) is 33.8. The van der Waals surface area contributed by atoms with Crippen molar-refractivity contribution < 1.29 is 9.63 Å². The highest BCUT2D eigenvalue weighted by atomic mass is 32.2. The second-order valence-electron chi connectivity index (χ2n) is 11.5. The highest BCUT2D eigenvalue weighted by molar-refractivity contribution is 7.98. The first-order chi connectivity index (χ1) is 20.0. The number of benzene rings is 1. The molecular formula is C29H41N9O2S. The van der Waals surface area contributed by atoms with Crippen molar-refractivity contribution in [1.29, 1.82) is 0 Å². The lowest BCUT2D eigenvalue weighted by molar-refractivity contribution is -0.106. The molecule has 0 radical (unpaired) electrons. The van der Waals surface area contributed by atoms with Gasteiger partial charge in [0.2, 0.25) is 5.95 Å². The lowest BCUT2D eigenvalue weighted by Gasteiger charge is -2.31. The fourth-order valence-corrected chi connectivity index (χ4v) is 6.60. The van der Waals surface area contributed by atoms with E-state index in [-0.39, 0.29) is 6.04 Å². The first-order valence-electron chi connectivity index (χ1n) is 14.9. The highest BCUT2D eigenvalue weighted by Crippen LogP contribution is 2.34. The predicted molar refractivity (Wildman–Crippen MR) is 163 cm³/mol. The number of aromatic nitrogens is 4. The first kappa shape index (κ1) is 28.0. The number of rotatable bonds is 8. The van der Waals surface area contributed by atoms with Crippen LogP contribution in [0.4, 0.5) is 22.2 Å². The van der Waals surface area contributed by atoms with Gasteiger partial charge in [-0.2, -0.15) is 9.97 Å². The van der Waals surface area contributed by atoms with Gasteiger partial charge in [0, 0.05) is 47.8 Å². The largest absolute Gasteiger partial charge is 0.430 e. The van der Waals surface area contributed by atoms with E-state index in [0.717, 1.165) is 78.9 Å². The zero-order valence-corrected chi connectivity index (χ0v) is 24.5. The van der Waals surface area contributed by atoms with Crippen molar-refractivity contribution in [2.24, 2.45) is 5.73 Å². The third kappa shape index (κ3) is 6.87. The van der Waals surface area contributed by atoms with Crippen molar-refractivity contribution in [2.45, 2.75) is 93.3 Å². The van der Waals surface area contributed by atoms with Crippen LogP contribution in [0.5, 0.6) is 0 Å². The number of nitrogens with one attached hydrogen (secondary N) is 3. The summed E-state index contributed by atoms with van der Waals surface area (Å²) in [5.41, 5.74) is 8.56. The van der Waals surface area contributed by atoms with Crippen LogP contribution in [0.15, 0.2) is 35.5 Å². The summed E-state index contributed by atoms with van der Waals surface area (Å²) in [6, 6.07) is 8.97. The van der Waals surface area contributed by atoms with E-state index in [2.05, 4.69) is 20.5 Å². The Balaban J connectivity index is 1.10. The highest BCUT2D eigenvalue weighted by Gasteiger charge is 2.27. The van der Waals surface area contributed by atoms with Crippen LogP contribution >= 0.6 is 11.8 Å². The number of thioether (sulfide) groups is 1. The van der Waals surface area contributed by atoms with Gasteiger partial charge in [0.1, 0.15) is 0 Å². The van der Waals surface area contributed by atoms with Gasteiger partial charge >= 0.3 is 6.09 Å². The molecule has 2 aliphatic carbocycles. The fourth-order valence-electron chi connectivity index (χ4n) is 6.19. The van der Waals surface area contributed by atoms with Crippen molar-refractivity contribution in [3.8, 4) is 0 Å². The Bertz CT molecular complexity index is 1310. The van der Waals surface area contributed by atoms with Gasteiger partial charge in [0.15, 0.2) is 17.0 Å². The molecule has 11 nitrogen and oxygen atoms in total. The van der Waals surface area contributed by atoms with Crippen LogP contribution in [0, 0.1) is 0 Å². The van der Waals surface area contributed by atoms with Crippen molar-refractivity contribution in [3.05, 3.63) is 30.6 Å². The molecule has 5 N–H and O–H groups in total. The van der Waals surface area contributed by atoms with Gasteiger partial charge in [-0.05, 0) is 81.9 Å².